The van der Waals surface area contributed by atoms with E-state index in [0.29, 0.717) is 22.6 Å². The lowest BCUT2D eigenvalue weighted by Gasteiger charge is -2.24. The third-order valence-electron chi connectivity index (χ3n) is 5.58. The van der Waals surface area contributed by atoms with Gasteiger partial charge in [-0.3, -0.25) is 0 Å². The van der Waals surface area contributed by atoms with E-state index in [2.05, 4.69) is 4.72 Å². The van der Waals surface area contributed by atoms with Gasteiger partial charge < -0.3 is 14.6 Å². The third kappa shape index (κ3) is 4.51. The van der Waals surface area contributed by atoms with Gasteiger partial charge in [0.2, 0.25) is 10.0 Å². The van der Waals surface area contributed by atoms with Gasteiger partial charge in [0.15, 0.2) is 0 Å². The van der Waals surface area contributed by atoms with Gasteiger partial charge in [0.1, 0.15) is 17.2 Å². The SMILES string of the molecule is COc1cc(O)c(C(NS(=O)(=O)c2ccc(C)cc2)c2cccc3ccccc23)c(OC)c1. The van der Waals surface area contributed by atoms with Gasteiger partial charge in [-0.2, -0.15) is 4.72 Å². The maximum atomic E-state index is 13.4. The summed E-state index contributed by atoms with van der Waals surface area (Å²) in [5, 5.41) is 12.7. The van der Waals surface area contributed by atoms with Gasteiger partial charge in [-0.05, 0) is 35.4 Å². The van der Waals surface area contributed by atoms with Gasteiger partial charge in [-0.15, -0.1) is 0 Å². The van der Waals surface area contributed by atoms with Crippen LogP contribution >= 0.6 is 0 Å². The second-order valence-corrected chi connectivity index (χ2v) is 9.41. The molecule has 4 aromatic carbocycles. The molecular weight excluding hydrogens is 438 g/mol. The van der Waals surface area contributed by atoms with Crippen LogP contribution in [-0.2, 0) is 10.0 Å². The minimum atomic E-state index is -3.95. The number of benzene rings is 4. The molecule has 2 N–H and O–H groups in total. The van der Waals surface area contributed by atoms with Crippen LogP contribution in [0.5, 0.6) is 17.2 Å². The Bertz CT molecular complexity index is 1390. The number of phenols is 1. The van der Waals surface area contributed by atoms with Crippen LogP contribution in [0.3, 0.4) is 0 Å². The maximum absolute atomic E-state index is 13.4. The summed E-state index contributed by atoms with van der Waals surface area (Å²) in [4.78, 5) is 0.130. The minimum Gasteiger partial charge on any atom is -0.507 e. The molecule has 4 rings (SSSR count). The van der Waals surface area contributed by atoms with E-state index in [-0.39, 0.29) is 10.6 Å². The standard InChI is InChI=1S/C26H25NO5S/c1-17-11-13-20(14-12-17)33(29,30)27-26(22-10-6-8-18-7-4-5-9-21(18)22)25-23(28)15-19(31-2)16-24(25)32-3/h4-16,26-28H,1-3H3. The van der Waals surface area contributed by atoms with E-state index in [1.807, 2.05) is 49.4 Å². The van der Waals surface area contributed by atoms with Gasteiger partial charge in [0.25, 0.3) is 0 Å². The molecule has 0 fully saturated rings. The molecule has 0 aliphatic heterocycles. The predicted octanol–water partition coefficient (Wildman–Crippen LogP) is 4.94. The fourth-order valence-corrected chi connectivity index (χ4v) is 5.07. The van der Waals surface area contributed by atoms with E-state index >= 15 is 0 Å². The average molecular weight is 464 g/mol. The third-order valence-corrected chi connectivity index (χ3v) is 7.02. The van der Waals surface area contributed by atoms with Gasteiger partial charge in [0, 0.05) is 12.1 Å². The smallest absolute Gasteiger partial charge is 0.241 e. The van der Waals surface area contributed by atoms with Crippen LogP contribution in [0.25, 0.3) is 10.8 Å². The molecule has 0 amide bonds. The quantitative estimate of drug-likeness (QED) is 0.406. The van der Waals surface area contributed by atoms with Crippen molar-refractivity contribution in [3.05, 3.63) is 95.6 Å². The van der Waals surface area contributed by atoms with Crippen LogP contribution in [0.4, 0.5) is 0 Å². The molecule has 4 aromatic rings. The molecule has 0 saturated heterocycles. The van der Waals surface area contributed by atoms with Crippen molar-refractivity contribution in [2.45, 2.75) is 17.9 Å². The molecular formula is C26H25NO5S. The Morgan fingerprint density at radius 3 is 2.27 bits per heavy atom. The molecule has 0 bridgehead atoms. The highest BCUT2D eigenvalue weighted by Crippen LogP contribution is 2.42. The van der Waals surface area contributed by atoms with Crippen molar-refractivity contribution in [2.75, 3.05) is 14.2 Å². The molecule has 0 saturated carbocycles. The average Bonchev–Trinajstić information content (AvgIpc) is 2.82. The first-order valence-corrected chi connectivity index (χ1v) is 11.8. The van der Waals surface area contributed by atoms with Crippen LogP contribution in [-0.4, -0.2) is 27.7 Å². The number of aromatic hydroxyl groups is 1. The number of hydrogen-bond donors (Lipinski definition) is 2. The molecule has 0 aliphatic rings. The zero-order valence-electron chi connectivity index (χ0n) is 18.6. The highest BCUT2D eigenvalue weighted by molar-refractivity contribution is 7.89. The van der Waals surface area contributed by atoms with E-state index in [0.717, 1.165) is 16.3 Å². The number of ether oxygens (including phenoxy) is 2. The molecule has 0 radical (unpaired) electrons. The van der Waals surface area contributed by atoms with Crippen molar-refractivity contribution in [3.63, 3.8) is 0 Å². The molecule has 1 unspecified atom stereocenters. The maximum Gasteiger partial charge on any atom is 0.241 e. The van der Waals surface area contributed by atoms with E-state index in [1.165, 1.54) is 20.3 Å². The van der Waals surface area contributed by atoms with Crippen molar-refractivity contribution in [1.29, 1.82) is 0 Å². The number of rotatable bonds is 7. The van der Waals surface area contributed by atoms with Crippen molar-refractivity contribution < 1.29 is 23.0 Å². The Hall–Kier alpha value is -3.55. The summed E-state index contributed by atoms with van der Waals surface area (Å²) in [5.74, 6) is 0.554. The number of phenolic OH excluding ortho intramolecular Hbond substituents is 1. The Morgan fingerprint density at radius 2 is 1.58 bits per heavy atom. The Labute approximate surface area is 193 Å². The Balaban J connectivity index is 1.95. The molecule has 1 atom stereocenters. The molecule has 0 heterocycles. The monoisotopic (exact) mass is 463 g/mol. The number of sulfonamides is 1. The van der Waals surface area contributed by atoms with Crippen LogP contribution < -0.4 is 14.2 Å². The summed E-state index contributed by atoms with van der Waals surface area (Å²) in [5.41, 5.74) is 1.93. The first kappa shape index (κ1) is 22.6. The summed E-state index contributed by atoms with van der Waals surface area (Å²) in [6.45, 7) is 1.89. The molecule has 0 aromatic heterocycles. The minimum absolute atomic E-state index is 0.130. The zero-order valence-corrected chi connectivity index (χ0v) is 19.4. The fourth-order valence-electron chi connectivity index (χ4n) is 3.88. The fraction of sp³-hybridized carbons (Fsp3) is 0.154. The van der Waals surface area contributed by atoms with Crippen molar-refractivity contribution in [2.24, 2.45) is 0 Å². The number of aryl methyl sites for hydroxylation is 1. The Morgan fingerprint density at radius 1 is 0.879 bits per heavy atom. The van der Waals surface area contributed by atoms with E-state index in [9.17, 15) is 13.5 Å². The molecule has 7 heteroatoms. The summed E-state index contributed by atoms with van der Waals surface area (Å²) in [6, 6.07) is 22.1. The first-order valence-electron chi connectivity index (χ1n) is 10.4. The van der Waals surface area contributed by atoms with Crippen molar-refractivity contribution in [3.8, 4) is 17.2 Å². The number of methoxy groups -OCH3 is 2. The molecule has 170 valence electrons. The van der Waals surface area contributed by atoms with Crippen LogP contribution in [0.2, 0.25) is 0 Å². The van der Waals surface area contributed by atoms with Crippen molar-refractivity contribution in [1.82, 2.24) is 4.72 Å². The van der Waals surface area contributed by atoms with Gasteiger partial charge in [-0.1, -0.05) is 60.2 Å². The summed E-state index contributed by atoms with van der Waals surface area (Å²) in [7, 11) is -1.000. The first-order chi connectivity index (χ1) is 15.8. The van der Waals surface area contributed by atoms with Crippen LogP contribution in [0.1, 0.15) is 22.7 Å². The normalized spacial score (nSPS) is 12.5. The lowest BCUT2D eigenvalue weighted by atomic mass is 9.93. The van der Waals surface area contributed by atoms with Crippen LogP contribution in [0, 0.1) is 6.92 Å². The highest BCUT2D eigenvalue weighted by atomic mass is 32.2. The van der Waals surface area contributed by atoms with Gasteiger partial charge in [-0.25, -0.2) is 8.42 Å². The number of hydrogen-bond acceptors (Lipinski definition) is 5. The number of fused-ring (bicyclic) bond motifs is 1. The summed E-state index contributed by atoms with van der Waals surface area (Å²) in [6.07, 6.45) is 0. The largest absolute Gasteiger partial charge is 0.507 e. The van der Waals surface area contributed by atoms with Crippen molar-refractivity contribution >= 4 is 20.8 Å². The van der Waals surface area contributed by atoms with Gasteiger partial charge in [0.05, 0.1) is 30.7 Å². The summed E-state index contributed by atoms with van der Waals surface area (Å²) < 4.78 is 40.4. The molecule has 0 aliphatic carbocycles. The van der Waals surface area contributed by atoms with E-state index in [4.69, 9.17) is 9.47 Å². The molecule has 0 spiro atoms. The van der Waals surface area contributed by atoms with Crippen LogP contribution in [0.15, 0.2) is 83.8 Å². The zero-order chi connectivity index (χ0) is 23.6. The molecule has 6 nitrogen and oxygen atoms in total. The topological polar surface area (TPSA) is 84.9 Å². The number of nitrogens with one attached hydrogen (secondary N) is 1. The lowest BCUT2D eigenvalue weighted by molar-refractivity contribution is 0.376. The lowest BCUT2D eigenvalue weighted by Crippen LogP contribution is -2.30. The van der Waals surface area contributed by atoms with Gasteiger partial charge >= 0.3 is 0 Å². The second kappa shape index (κ2) is 9.13. The van der Waals surface area contributed by atoms with E-state index < -0.39 is 16.1 Å². The molecule has 33 heavy (non-hydrogen) atoms. The predicted molar refractivity (Wildman–Crippen MR) is 129 cm³/mol. The second-order valence-electron chi connectivity index (χ2n) is 7.70. The summed E-state index contributed by atoms with van der Waals surface area (Å²) >= 11 is 0. The Kier molecular flexibility index (Phi) is 6.26. The highest BCUT2D eigenvalue weighted by Gasteiger charge is 2.29. The van der Waals surface area contributed by atoms with E-state index in [1.54, 1.807) is 30.3 Å².